The van der Waals surface area contributed by atoms with Crippen molar-refractivity contribution in [1.82, 2.24) is 0 Å². The molecule has 1 heterocycles. The highest BCUT2D eigenvalue weighted by atomic mass is 16.6. The molecule has 2 rings (SSSR count). The van der Waals surface area contributed by atoms with Crippen molar-refractivity contribution in [1.29, 1.82) is 0 Å². The van der Waals surface area contributed by atoms with E-state index in [1.165, 1.54) is 0 Å². The molecule has 0 saturated carbocycles. The van der Waals surface area contributed by atoms with Gasteiger partial charge in [0.2, 0.25) is 0 Å². The lowest BCUT2D eigenvalue weighted by atomic mass is 9.97. The van der Waals surface area contributed by atoms with Crippen LogP contribution in [0, 0.1) is 13.8 Å². The molecule has 4 heteroatoms. The van der Waals surface area contributed by atoms with E-state index in [1.807, 2.05) is 19.9 Å². The fourth-order valence-corrected chi connectivity index (χ4v) is 1.94. The first-order chi connectivity index (χ1) is 7.65. The third kappa shape index (κ3) is 1.74. The van der Waals surface area contributed by atoms with Gasteiger partial charge in [0.15, 0.2) is 11.5 Å². The van der Waals surface area contributed by atoms with E-state index in [0.717, 1.165) is 22.4 Å². The quantitative estimate of drug-likeness (QED) is 0.787. The van der Waals surface area contributed by atoms with Crippen molar-refractivity contribution in [2.75, 3.05) is 19.8 Å². The van der Waals surface area contributed by atoms with Crippen molar-refractivity contribution in [3.8, 4) is 11.5 Å². The average Bonchev–Trinajstić information content (AvgIpc) is 2.33. The Morgan fingerprint density at radius 2 is 2.00 bits per heavy atom. The van der Waals surface area contributed by atoms with Gasteiger partial charge in [0.1, 0.15) is 13.2 Å². The predicted octanol–water partition coefficient (Wildman–Crippen LogP) is 1.07. The van der Waals surface area contributed by atoms with E-state index in [-0.39, 0.29) is 6.54 Å². The maximum atomic E-state index is 9.81. The van der Waals surface area contributed by atoms with E-state index in [1.54, 1.807) is 0 Å². The number of hydrogen-bond acceptors (Lipinski definition) is 4. The topological polar surface area (TPSA) is 64.7 Å². The van der Waals surface area contributed by atoms with Gasteiger partial charge >= 0.3 is 0 Å². The second-order valence-electron chi connectivity index (χ2n) is 3.99. The van der Waals surface area contributed by atoms with Gasteiger partial charge in [-0.25, -0.2) is 0 Å². The summed E-state index contributed by atoms with van der Waals surface area (Å²) in [5, 5.41) is 9.81. The van der Waals surface area contributed by atoms with Gasteiger partial charge in [0.25, 0.3) is 0 Å². The molecule has 1 aliphatic heterocycles. The fourth-order valence-electron chi connectivity index (χ4n) is 1.94. The van der Waals surface area contributed by atoms with Crippen molar-refractivity contribution >= 4 is 0 Å². The summed E-state index contributed by atoms with van der Waals surface area (Å²) in [5.41, 5.74) is 8.33. The van der Waals surface area contributed by atoms with Crippen LogP contribution < -0.4 is 15.2 Å². The second kappa shape index (κ2) is 4.31. The maximum absolute atomic E-state index is 9.81. The Kier molecular flexibility index (Phi) is 3.03. The summed E-state index contributed by atoms with van der Waals surface area (Å²) in [6, 6.07) is 1.83. The summed E-state index contributed by atoms with van der Waals surface area (Å²) < 4.78 is 11.1. The van der Waals surface area contributed by atoms with Crippen LogP contribution >= 0.6 is 0 Å². The Balaban J connectivity index is 2.52. The molecule has 4 nitrogen and oxygen atoms in total. The smallest absolute Gasteiger partial charge is 0.164 e. The van der Waals surface area contributed by atoms with E-state index in [2.05, 4.69) is 0 Å². The molecular weight excluding hydrogens is 206 g/mol. The highest BCUT2D eigenvalue weighted by molar-refractivity contribution is 5.54. The Morgan fingerprint density at radius 3 is 2.69 bits per heavy atom. The minimum atomic E-state index is -0.644. The van der Waals surface area contributed by atoms with Crippen LogP contribution in [0.3, 0.4) is 0 Å². The van der Waals surface area contributed by atoms with E-state index < -0.39 is 6.10 Å². The zero-order valence-electron chi connectivity index (χ0n) is 9.62. The van der Waals surface area contributed by atoms with Crippen molar-refractivity contribution < 1.29 is 14.6 Å². The van der Waals surface area contributed by atoms with Crippen LogP contribution in [0.4, 0.5) is 0 Å². The first-order valence-electron chi connectivity index (χ1n) is 5.43. The van der Waals surface area contributed by atoms with E-state index >= 15 is 0 Å². The van der Waals surface area contributed by atoms with Crippen molar-refractivity contribution in [2.45, 2.75) is 20.0 Å². The van der Waals surface area contributed by atoms with Gasteiger partial charge < -0.3 is 20.3 Å². The minimum absolute atomic E-state index is 0.208. The van der Waals surface area contributed by atoms with Crippen molar-refractivity contribution in [2.24, 2.45) is 5.73 Å². The number of benzene rings is 1. The predicted molar refractivity (Wildman–Crippen MR) is 60.9 cm³/mol. The Bertz CT molecular complexity index is 404. The van der Waals surface area contributed by atoms with Crippen LogP contribution in [0.25, 0.3) is 0 Å². The summed E-state index contributed by atoms with van der Waals surface area (Å²) in [7, 11) is 0. The SMILES string of the molecule is Cc1c(C(O)CN)cc2c(c1C)OCCO2. The molecule has 3 N–H and O–H groups in total. The summed E-state index contributed by atoms with van der Waals surface area (Å²) >= 11 is 0. The van der Waals surface area contributed by atoms with E-state index in [4.69, 9.17) is 15.2 Å². The van der Waals surface area contributed by atoms with Crippen LogP contribution in [0.5, 0.6) is 11.5 Å². The summed E-state index contributed by atoms with van der Waals surface area (Å²) in [4.78, 5) is 0. The number of aliphatic hydroxyl groups is 1. The number of fused-ring (bicyclic) bond motifs is 1. The molecule has 0 spiro atoms. The summed E-state index contributed by atoms with van der Waals surface area (Å²) in [6.45, 7) is 5.26. The van der Waals surface area contributed by atoms with Crippen molar-refractivity contribution in [3.63, 3.8) is 0 Å². The number of hydrogen-bond donors (Lipinski definition) is 2. The lowest BCUT2D eigenvalue weighted by Crippen LogP contribution is -2.19. The minimum Gasteiger partial charge on any atom is -0.486 e. The second-order valence-corrected chi connectivity index (χ2v) is 3.99. The standard InChI is InChI=1S/C12H17NO3/c1-7-8(2)12-11(15-3-4-16-12)5-9(7)10(14)6-13/h5,10,14H,3-4,6,13H2,1-2H3. The molecule has 1 aliphatic rings. The molecule has 0 amide bonds. The van der Waals surface area contributed by atoms with Crippen LogP contribution in [-0.4, -0.2) is 24.9 Å². The van der Waals surface area contributed by atoms with Gasteiger partial charge in [0, 0.05) is 6.54 Å². The third-order valence-corrected chi connectivity index (χ3v) is 3.02. The van der Waals surface area contributed by atoms with E-state index in [0.29, 0.717) is 19.0 Å². The van der Waals surface area contributed by atoms with Gasteiger partial charge in [-0.3, -0.25) is 0 Å². The van der Waals surface area contributed by atoms with Gasteiger partial charge in [-0.2, -0.15) is 0 Å². The van der Waals surface area contributed by atoms with Gasteiger partial charge in [-0.1, -0.05) is 0 Å². The first-order valence-corrected chi connectivity index (χ1v) is 5.43. The molecular formula is C12H17NO3. The third-order valence-electron chi connectivity index (χ3n) is 3.02. The van der Waals surface area contributed by atoms with Crippen LogP contribution in [0.2, 0.25) is 0 Å². The van der Waals surface area contributed by atoms with Crippen molar-refractivity contribution in [3.05, 3.63) is 22.8 Å². The van der Waals surface area contributed by atoms with Crippen LogP contribution in [0.15, 0.2) is 6.07 Å². The maximum Gasteiger partial charge on any atom is 0.164 e. The van der Waals surface area contributed by atoms with Gasteiger partial charge in [-0.15, -0.1) is 0 Å². The molecule has 1 aromatic rings. The van der Waals surface area contributed by atoms with Crippen LogP contribution in [-0.2, 0) is 0 Å². The largest absolute Gasteiger partial charge is 0.486 e. The molecule has 0 fully saturated rings. The highest BCUT2D eigenvalue weighted by Gasteiger charge is 2.20. The fraction of sp³-hybridized carbons (Fsp3) is 0.500. The number of rotatable bonds is 2. The Morgan fingerprint density at radius 1 is 1.31 bits per heavy atom. The Hall–Kier alpha value is -1.26. The van der Waals surface area contributed by atoms with E-state index in [9.17, 15) is 5.11 Å². The van der Waals surface area contributed by atoms with Crippen LogP contribution in [0.1, 0.15) is 22.8 Å². The lowest BCUT2D eigenvalue weighted by Gasteiger charge is -2.24. The zero-order chi connectivity index (χ0) is 11.7. The molecule has 1 unspecified atom stereocenters. The number of aliphatic hydroxyl groups excluding tert-OH is 1. The molecule has 0 aliphatic carbocycles. The first kappa shape index (κ1) is 11.2. The zero-order valence-corrected chi connectivity index (χ0v) is 9.62. The molecule has 0 bridgehead atoms. The van der Waals surface area contributed by atoms with Gasteiger partial charge in [0.05, 0.1) is 6.10 Å². The normalized spacial score (nSPS) is 16.0. The molecule has 1 aromatic carbocycles. The lowest BCUT2D eigenvalue weighted by molar-refractivity contribution is 0.165. The molecule has 0 saturated heterocycles. The molecule has 0 radical (unpaired) electrons. The molecule has 88 valence electrons. The average molecular weight is 223 g/mol. The molecule has 1 atom stereocenters. The summed E-state index contributed by atoms with van der Waals surface area (Å²) in [6.07, 6.45) is -0.644. The monoisotopic (exact) mass is 223 g/mol. The molecule has 16 heavy (non-hydrogen) atoms. The Labute approximate surface area is 95.0 Å². The number of ether oxygens (including phenoxy) is 2. The summed E-state index contributed by atoms with van der Waals surface area (Å²) in [5.74, 6) is 1.49. The highest BCUT2D eigenvalue weighted by Crippen LogP contribution is 2.38. The van der Waals surface area contributed by atoms with Gasteiger partial charge in [-0.05, 0) is 36.6 Å². The molecule has 0 aromatic heterocycles. The number of nitrogens with two attached hydrogens (primary N) is 1.